The average Bonchev–Trinajstić information content (AvgIpc) is 3.07. The van der Waals surface area contributed by atoms with Crippen LogP contribution >= 0.6 is 0 Å². The summed E-state index contributed by atoms with van der Waals surface area (Å²) in [7, 11) is 0. The highest BCUT2D eigenvalue weighted by Gasteiger charge is 2.38. The number of nitrogens with zero attached hydrogens (tertiary/aromatic N) is 2. The molecule has 1 aromatic heterocycles. The van der Waals surface area contributed by atoms with Gasteiger partial charge in [0.1, 0.15) is 17.5 Å². The van der Waals surface area contributed by atoms with Crippen LogP contribution in [0.25, 0.3) is 0 Å². The summed E-state index contributed by atoms with van der Waals surface area (Å²) >= 11 is 0. The van der Waals surface area contributed by atoms with E-state index in [1.807, 2.05) is 6.92 Å². The molecule has 0 bridgehead atoms. The minimum Gasteiger partial charge on any atom is -0.383 e. The Bertz CT molecular complexity index is 447. The molecule has 0 saturated heterocycles. The molecule has 1 aliphatic carbocycles. The summed E-state index contributed by atoms with van der Waals surface area (Å²) < 4.78 is 0. The molecule has 2 rings (SSSR count). The average molecular weight is 248 g/mol. The first kappa shape index (κ1) is 13.1. The number of nitrogens with one attached hydrogen (secondary N) is 1. The molecular formula is C14H24N4. The Balaban J connectivity index is 2.31. The predicted molar refractivity (Wildman–Crippen MR) is 75.7 cm³/mol. The van der Waals surface area contributed by atoms with Crippen molar-refractivity contribution in [1.29, 1.82) is 0 Å². The maximum Gasteiger partial charge on any atom is 0.135 e. The van der Waals surface area contributed by atoms with Crippen molar-refractivity contribution in [3.8, 4) is 0 Å². The fourth-order valence-electron chi connectivity index (χ4n) is 2.14. The lowest BCUT2D eigenvalue weighted by Crippen LogP contribution is -2.34. The minimum atomic E-state index is 0.0831. The summed E-state index contributed by atoms with van der Waals surface area (Å²) in [5.74, 6) is 3.33. The van der Waals surface area contributed by atoms with E-state index < -0.39 is 0 Å². The van der Waals surface area contributed by atoms with Gasteiger partial charge in [0.05, 0.1) is 0 Å². The van der Waals surface area contributed by atoms with Crippen LogP contribution < -0.4 is 11.1 Å². The monoisotopic (exact) mass is 248 g/mol. The largest absolute Gasteiger partial charge is 0.383 e. The van der Waals surface area contributed by atoms with Crippen molar-refractivity contribution in [2.24, 2.45) is 5.92 Å². The zero-order valence-corrected chi connectivity index (χ0v) is 12.0. The van der Waals surface area contributed by atoms with E-state index in [2.05, 4.69) is 43.0 Å². The molecule has 1 heterocycles. The molecule has 4 nitrogen and oxygen atoms in total. The first-order valence-corrected chi connectivity index (χ1v) is 6.73. The van der Waals surface area contributed by atoms with Crippen molar-refractivity contribution in [2.75, 3.05) is 11.1 Å². The first-order valence-electron chi connectivity index (χ1n) is 6.73. The van der Waals surface area contributed by atoms with E-state index in [1.54, 1.807) is 0 Å². The van der Waals surface area contributed by atoms with E-state index in [-0.39, 0.29) is 11.5 Å². The second kappa shape index (κ2) is 4.41. The molecule has 1 saturated carbocycles. The van der Waals surface area contributed by atoms with Crippen molar-refractivity contribution in [1.82, 2.24) is 9.97 Å². The molecule has 4 heteroatoms. The van der Waals surface area contributed by atoms with E-state index in [1.165, 1.54) is 12.8 Å². The summed E-state index contributed by atoms with van der Waals surface area (Å²) in [6.07, 6.45) is 2.60. The van der Waals surface area contributed by atoms with E-state index in [9.17, 15) is 0 Å². The highest BCUT2D eigenvalue weighted by Crippen LogP contribution is 2.41. The Hall–Kier alpha value is -1.32. The Kier molecular flexibility index (Phi) is 3.21. The topological polar surface area (TPSA) is 63.8 Å². The minimum absolute atomic E-state index is 0.0831. The molecule has 18 heavy (non-hydrogen) atoms. The Labute approximate surface area is 109 Å². The number of nitrogens with two attached hydrogens (primary N) is 1. The van der Waals surface area contributed by atoms with Crippen molar-refractivity contribution in [3.63, 3.8) is 0 Å². The van der Waals surface area contributed by atoms with Crippen LogP contribution in [-0.2, 0) is 0 Å². The van der Waals surface area contributed by atoms with Gasteiger partial charge in [-0.1, -0.05) is 13.8 Å². The molecule has 0 aromatic carbocycles. The number of nitrogen functional groups attached to an aromatic ring is 1. The second-order valence-corrected chi connectivity index (χ2v) is 6.22. The zero-order valence-electron chi connectivity index (χ0n) is 12.0. The van der Waals surface area contributed by atoms with Crippen LogP contribution in [0.15, 0.2) is 0 Å². The summed E-state index contributed by atoms with van der Waals surface area (Å²) in [5.41, 5.74) is 7.01. The Morgan fingerprint density at radius 1 is 1.28 bits per heavy atom. The smallest absolute Gasteiger partial charge is 0.135 e. The van der Waals surface area contributed by atoms with E-state index in [0.717, 1.165) is 23.1 Å². The quantitative estimate of drug-likeness (QED) is 0.859. The Morgan fingerprint density at radius 2 is 1.89 bits per heavy atom. The van der Waals surface area contributed by atoms with Gasteiger partial charge in [0.2, 0.25) is 0 Å². The van der Waals surface area contributed by atoms with Crippen LogP contribution in [0, 0.1) is 12.8 Å². The molecule has 0 aliphatic heterocycles. The number of hydrogen-bond donors (Lipinski definition) is 2. The van der Waals surface area contributed by atoms with E-state index in [0.29, 0.717) is 5.82 Å². The highest BCUT2D eigenvalue weighted by molar-refractivity contribution is 5.56. The van der Waals surface area contributed by atoms with Crippen molar-refractivity contribution in [2.45, 2.75) is 58.9 Å². The van der Waals surface area contributed by atoms with Crippen LogP contribution in [0.1, 0.15) is 57.8 Å². The number of hydrogen-bond acceptors (Lipinski definition) is 4. The van der Waals surface area contributed by atoms with Gasteiger partial charge in [-0.3, -0.25) is 0 Å². The summed E-state index contributed by atoms with van der Waals surface area (Å²) in [4.78, 5) is 8.98. The summed E-state index contributed by atoms with van der Waals surface area (Å²) in [6, 6.07) is 0. The van der Waals surface area contributed by atoms with Crippen LogP contribution in [-0.4, -0.2) is 15.5 Å². The SMILES string of the molecule is Cc1c(N)nc(C(C)C)nc1NC(C)(C)C1CC1. The lowest BCUT2D eigenvalue weighted by Gasteiger charge is -2.28. The fourth-order valence-corrected chi connectivity index (χ4v) is 2.14. The summed E-state index contributed by atoms with van der Waals surface area (Å²) in [5, 5.41) is 3.55. The maximum atomic E-state index is 5.98. The van der Waals surface area contributed by atoms with Crippen LogP contribution in [0.5, 0.6) is 0 Å². The fraction of sp³-hybridized carbons (Fsp3) is 0.714. The third-order valence-corrected chi connectivity index (χ3v) is 3.76. The molecule has 1 aromatic rings. The molecule has 1 aliphatic rings. The molecule has 3 N–H and O–H groups in total. The van der Waals surface area contributed by atoms with Crippen molar-refractivity contribution < 1.29 is 0 Å². The highest BCUT2D eigenvalue weighted by atomic mass is 15.1. The molecule has 0 spiro atoms. The van der Waals surface area contributed by atoms with Gasteiger partial charge in [-0.25, -0.2) is 9.97 Å². The molecule has 0 amide bonds. The molecular weight excluding hydrogens is 224 g/mol. The summed E-state index contributed by atoms with van der Waals surface area (Å²) in [6.45, 7) is 10.6. The third-order valence-electron chi connectivity index (χ3n) is 3.76. The van der Waals surface area contributed by atoms with Gasteiger partial charge in [-0.15, -0.1) is 0 Å². The third kappa shape index (κ3) is 2.57. The second-order valence-electron chi connectivity index (χ2n) is 6.22. The van der Waals surface area contributed by atoms with Crippen molar-refractivity contribution in [3.05, 3.63) is 11.4 Å². The van der Waals surface area contributed by atoms with Gasteiger partial charge >= 0.3 is 0 Å². The van der Waals surface area contributed by atoms with Gasteiger partial charge in [0.15, 0.2) is 0 Å². The van der Waals surface area contributed by atoms with Gasteiger partial charge in [-0.2, -0.15) is 0 Å². The number of rotatable bonds is 4. The first-order chi connectivity index (χ1) is 8.31. The van der Waals surface area contributed by atoms with Gasteiger partial charge in [-0.05, 0) is 39.5 Å². The Morgan fingerprint density at radius 3 is 2.39 bits per heavy atom. The van der Waals surface area contributed by atoms with E-state index >= 15 is 0 Å². The molecule has 1 fully saturated rings. The zero-order chi connectivity index (χ0) is 13.5. The molecule has 0 atom stereocenters. The van der Waals surface area contributed by atoms with Crippen molar-refractivity contribution >= 4 is 11.6 Å². The molecule has 100 valence electrons. The normalized spacial score (nSPS) is 16.1. The standard InChI is InChI=1S/C14H24N4/c1-8(2)12-16-11(15)9(3)13(17-12)18-14(4,5)10-6-7-10/h8,10H,6-7H2,1-5H3,(H3,15,16,17,18). The van der Waals surface area contributed by atoms with Crippen LogP contribution in [0.2, 0.25) is 0 Å². The number of anilines is 2. The van der Waals surface area contributed by atoms with Crippen LogP contribution in [0.4, 0.5) is 11.6 Å². The maximum absolute atomic E-state index is 5.98. The van der Waals surface area contributed by atoms with Crippen LogP contribution in [0.3, 0.4) is 0 Å². The van der Waals surface area contributed by atoms with Gasteiger partial charge in [0.25, 0.3) is 0 Å². The predicted octanol–water partition coefficient (Wildman–Crippen LogP) is 3.09. The van der Waals surface area contributed by atoms with Gasteiger partial charge < -0.3 is 11.1 Å². The lowest BCUT2D eigenvalue weighted by molar-refractivity contribution is 0.491. The number of aromatic nitrogens is 2. The molecule has 0 radical (unpaired) electrons. The molecule has 0 unspecified atom stereocenters. The van der Waals surface area contributed by atoms with Gasteiger partial charge in [0, 0.05) is 17.0 Å². The lowest BCUT2D eigenvalue weighted by atomic mass is 9.98. The van der Waals surface area contributed by atoms with E-state index in [4.69, 9.17) is 5.73 Å².